The Bertz CT molecular complexity index is 1290. The van der Waals surface area contributed by atoms with Crippen molar-refractivity contribution in [2.45, 2.75) is 31.8 Å². The predicted octanol–water partition coefficient (Wildman–Crippen LogP) is 2.94. The summed E-state index contributed by atoms with van der Waals surface area (Å²) in [6, 6.07) is 8.54. The van der Waals surface area contributed by atoms with Gasteiger partial charge in [-0.3, -0.25) is 19.4 Å². The molecule has 1 aliphatic rings. The number of aryl methyl sites for hydroxylation is 1. The molecule has 3 N–H and O–H groups in total. The van der Waals surface area contributed by atoms with Crippen LogP contribution in [-0.4, -0.2) is 50.4 Å². The van der Waals surface area contributed by atoms with Gasteiger partial charge < -0.3 is 15.6 Å². The minimum atomic E-state index is -1.00. The van der Waals surface area contributed by atoms with Crippen LogP contribution in [0.15, 0.2) is 55.1 Å². The molecule has 0 aliphatic carbocycles. The van der Waals surface area contributed by atoms with Gasteiger partial charge in [0.05, 0.1) is 18.3 Å². The molecule has 0 radical (unpaired) electrons. The molecule has 1 fully saturated rings. The van der Waals surface area contributed by atoms with Crippen LogP contribution in [0.1, 0.15) is 30.5 Å². The highest BCUT2D eigenvalue weighted by Crippen LogP contribution is 2.33. The number of likely N-dealkylation sites (N-methyl/N-ethyl adjacent to an activating group) is 1. The standard InChI is InChI=1S/C25H28ClN7O3/c1-4-19(16-6-5-7-17(26)12-16)30-25(36)33-22(24(35)32(3)21-13-31(2)14-29-21)18(23(33)34)10-15-8-9-28-20(27)11-15/h5-9,11-14,18-19,22H,4,10H2,1-3H3,(H2,27,28)(H,30,36)/t18-,19?,22+/m1/s1. The Morgan fingerprint density at radius 3 is 2.67 bits per heavy atom. The van der Waals surface area contributed by atoms with Gasteiger partial charge in [-0.2, -0.15) is 0 Å². The zero-order chi connectivity index (χ0) is 26.0. The van der Waals surface area contributed by atoms with Crippen molar-refractivity contribution in [3.05, 3.63) is 71.3 Å². The summed E-state index contributed by atoms with van der Waals surface area (Å²) in [6.45, 7) is 1.91. The molecule has 2 aromatic heterocycles. The number of pyridine rings is 1. The highest BCUT2D eigenvalue weighted by Gasteiger charge is 2.55. The number of amides is 4. The summed E-state index contributed by atoms with van der Waals surface area (Å²) >= 11 is 6.12. The molecule has 1 aliphatic heterocycles. The fourth-order valence-electron chi connectivity index (χ4n) is 4.38. The number of aromatic nitrogens is 3. The van der Waals surface area contributed by atoms with Gasteiger partial charge in [-0.15, -0.1) is 0 Å². The molecule has 11 heteroatoms. The van der Waals surface area contributed by atoms with Gasteiger partial charge in [0.1, 0.15) is 11.9 Å². The number of halogens is 1. The third kappa shape index (κ3) is 5.03. The number of carbonyl (C=O) groups excluding carboxylic acids is 3. The number of nitrogens with one attached hydrogen (secondary N) is 1. The van der Waals surface area contributed by atoms with Crippen molar-refractivity contribution >= 4 is 41.1 Å². The van der Waals surface area contributed by atoms with E-state index < -0.39 is 29.8 Å². The first-order valence-electron chi connectivity index (χ1n) is 11.5. The van der Waals surface area contributed by atoms with E-state index in [2.05, 4.69) is 15.3 Å². The lowest BCUT2D eigenvalue weighted by atomic mass is 9.81. The number of urea groups is 1. The van der Waals surface area contributed by atoms with E-state index in [0.29, 0.717) is 23.1 Å². The average molecular weight is 510 g/mol. The van der Waals surface area contributed by atoms with Crippen molar-refractivity contribution in [1.29, 1.82) is 0 Å². The molecule has 0 saturated carbocycles. The number of imide groups is 1. The quantitative estimate of drug-likeness (QED) is 0.471. The Hall–Kier alpha value is -3.92. The summed E-state index contributed by atoms with van der Waals surface area (Å²) < 4.78 is 1.71. The second kappa shape index (κ2) is 10.4. The summed E-state index contributed by atoms with van der Waals surface area (Å²) in [7, 11) is 3.37. The molecule has 1 aromatic carbocycles. The van der Waals surface area contributed by atoms with Gasteiger partial charge >= 0.3 is 6.03 Å². The number of rotatable bonds is 7. The number of hydrogen-bond donors (Lipinski definition) is 2. The second-order valence-corrected chi connectivity index (χ2v) is 9.25. The smallest absolute Gasteiger partial charge is 0.325 e. The van der Waals surface area contributed by atoms with Crippen LogP contribution in [0.3, 0.4) is 0 Å². The Labute approximate surface area is 214 Å². The third-order valence-electron chi connectivity index (χ3n) is 6.31. The van der Waals surface area contributed by atoms with Gasteiger partial charge in [-0.05, 0) is 48.2 Å². The normalized spacial score (nSPS) is 17.9. The van der Waals surface area contributed by atoms with E-state index in [1.807, 2.05) is 13.0 Å². The van der Waals surface area contributed by atoms with Crippen molar-refractivity contribution < 1.29 is 14.4 Å². The van der Waals surface area contributed by atoms with Crippen LogP contribution >= 0.6 is 11.6 Å². The number of nitrogen functional groups attached to an aromatic ring is 1. The molecule has 4 rings (SSSR count). The number of anilines is 2. The van der Waals surface area contributed by atoms with Gasteiger partial charge in [0.15, 0.2) is 5.82 Å². The van der Waals surface area contributed by atoms with Crippen molar-refractivity contribution in [1.82, 2.24) is 24.8 Å². The lowest BCUT2D eigenvalue weighted by molar-refractivity contribution is -0.156. The first kappa shape index (κ1) is 25.2. The summed E-state index contributed by atoms with van der Waals surface area (Å²) in [6.07, 6.45) is 5.62. The van der Waals surface area contributed by atoms with Crippen LogP contribution in [0.4, 0.5) is 16.4 Å². The molecular formula is C25H28ClN7O3. The monoisotopic (exact) mass is 509 g/mol. The van der Waals surface area contributed by atoms with Crippen molar-refractivity contribution in [2.75, 3.05) is 17.7 Å². The van der Waals surface area contributed by atoms with Crippen LogP contribution in [0.25, 0.3) is 0 Å². The largest absolute Gasteiger partial charge is 0.384 e. The highest BCUT2D eigenvalue weighted by atomic mass is 35.5. The zero-order valence-electron chi connectivity index (χ0n) is 20.3. The Kier molecular flexibility index (Phi) is 7.25. The van der Waals surface area contributed by atoms with Gasteiger partial charge in [0.2, 0.25) is 5.91 Å². The molecule has 3 aromatic rings. The lowest BCUT2D eigenvalue weighted by Crippen LogP contribution is -2.70. The van der Waals surface area contributed by atoms with Crippen LogP contribution in [-0.2, 0) is 23.1 Å². The van der Waals surface area contributed by atoms with E-state index in [0.717, 1.165) is 16.0 Å². The van der Waals surface area contributed by atoms with Gasteiger partial charge in [-0.1, -0.05) is 30.7 Å². The minimum absolute atomic E-state index is 0.243. The molecule has 3 atom stereocenters. The number of carbonyl (C=O) groups is 3. The molecule has 4 amide bonds. The first-order valence-corrected chi connectivity index (χ1v) is 11.9. The number of nitrogens with zero attached hydrogens (tertiary/aromatic N) is 5. The highest BCUT2D eigenvalue weighted by molar-refractivity contribution is 6.30. The number of likely N-dealkylation sites (tertiary alicyclic amines) is 1. The Morgan fingerprint density at radius 2 is 2.03 bits per heavy atom. The maximum absolute atomic E-state index is 13.6. The van der Waals surface area contributed by atoms with Crippen LogP contribution in [0.5, 0.6) is 0 Å². The van der Waals surface area contributed by atoms with Gasteiger partial charge in [0.25, 0.3) is 5.91 Å². The third-order valence-corrected chi connectivity index (χ3v) is 6.54. The molecule has 0 bridgehead atoms. The SMILES string of the molecule is CCC(NC(=O)N1C(=O)[C@H](Cc2ccnc(N)c2)[C@H]1C(=O)N(C)c1cn(C)cn1)c1cccc(Cl)c1. The average Bonchev–Trinajstić information content (AvgIpc) is 3.29. The molecule has 36 heavy (non-hydrogen) atoms. The molecule has 0 spiro atoms. The predicted molar refractivity (Wildman–Crippen MR) is 136 cm³/mol. The molecule has 1 saturated heterocycles. The minimum Gasteiger partial charge on any atom is -0.384 e. The summed E-state index contributed by atoms with van der Waals surface area (Å²) in [4.78, 5) is 50.7. The number of benzene rings is 1. The first-order chi connectivity index (χ1) is 17.2. The maximum atomic E-state index is 13.6. The van der Waals surface area contributed by atoms with E-state index in [4.69, 9.17) is 17.3 Å². The van der Waals surface area contributed by atoms with Crippen LogP contribution in [0, 0.1) is 5.92 Å². The molecule has 1 unspecified atom stereocenters. The zero-order valence-corrected chi connectivity index (χ0v) is 21.0. The van der Waals surface area contributed by atoms with Gasteiger partial charge in [-0.25, -0.2) is 14.8 Å². The van der Waals surface area contributed by atoms with E-state index in [-0.39, 0.29) is 12.5 Å². The topological polar surface area (TPSA) is 126 Å². The fraction of sp³-hybridized carbons (Fsp3) is 0.320. The number of hydrogen-bond acceptors (Lipinski definition) is 6. The molecule has 10 nitrogen and oxygen atoms in total. The summed E-state index contributed by atoms with van der Waals surface area (Å²) in [5.41, 5.74) is 7.36. The van der Waals surface area contributed by atoms with Crippen molar-refractivity contribution in [3.63, 3.8) is 0 Å². The second-order valence-electron chi connectivity index (χ2n) is 8.81. The fourth-order valence-corrected chi connectivity index (χ4v) is 4.58. The van der Waals surface area contributed by atoms with E-state index >= 15 is 0 Å². The van der Waals surface area contributed by atoms with E-state index in [9.17, 15) is 14.4 Å². The molecule has 188 valence electrons. The lowest BCUT2D eigenvalue weighted by Gasteiger charge is -2.45. The Balaban J connectivity index is 1.60. The number of nitrogens with two attached hydrogens (primary N) is 1. The van der Waals surface area contributed by atoms with Gasteiger partial charge in [0, 0.05) is 31.5 Å². The number of imidazole rings is 1. The van der Waals surface area contributed by atoms with E-state index in [1.165, 1.54) is 4.90 Å². The summed E-state index contributed by atoms with van der Waals surface area (Å²) in [5.74, 6) is -0.848. The van der Waals surface area contributed by atoms with Crippen molar-refractivity contribution in [3.8, 4) is 0 Å². The van der Waals surface area contributed by atoms with Crippen molar-refractivity contribution in [2.24, 2.45) is 13.0 Å². The van der Waals surface area contributed by atoms with Crippen LogP contribution < -0.4 is 16.0 Å². The number of β-lactam (4-membered cyclic amide) rings is 1. The maximum Gasteiger partial charge on any atom is 0.325 e. The van der Waals surface area contributed by atoms with E-state index in [1.54, 1.807) is 67.7 Å². The van der Waals surface area contributed by atoms with Crippen LogP contribution in [0.2, 0.25) is 5.02 Å². The molecule has 3 heterocycles. The summed E-state index contributed by atoms with van der Waals surface area (Å²) in [5, 5.41) is 3.43. The Morgan fingerprint density at radius 1 is 1.25 bits per heavy atom. The molecular weight excluding hydrogens is 482 g/mol.